The summed E-state index contributed by atoms with van der Waals surface area (Å²) in [6.45, 7) is -0.125. The minimum absolute atomic E-state index is 0. The fraction of sp³-hybridized carbons (Fsp3) is 0.400. The standard InChI is InChI=1S/C10H14O4S.Na.H/c11-8-10(6-7-15(12,13)14)9-4-2-1-3-5-9;;/h1-5,10-11H,6-8H2,(H,12,13,14);;. The first-order valence-electron chi connectivity index (χ1n) is 4.64. The van der Waals surface area contributed by atoms with Crippen molar-refractivity contribution in [3.05, 3.63) is 35.9 Å². The molecule has 0 radical (unpaired) electrons. The van der Waals surface area contributed by atoms with Gasteiger partial charge in [0.1, 0.15) is 0 Å². The van der Waals surface area contributed by atoms with Gasteiger partial charge in [0.2, 0.25) is 0 Å². The van der Waals surface area contributed by atoms with Crippen LogP contribution in [0.4, 0.5) is 0 Å². The Balaban J connectivity index is 0.00000225. The van der Waals surface area contributed by atoms with Gasteiger partial charge in [0.25, 0.3) is 10.1 Å². The number of benzene rings is 1. The van der Waals surface area contributed by atoms with Crippen molar-refractivity contribution in [2.45, 2.75) is 12.3 Å². The van der Waals surface area contributed by atoms with Gasteiger partial charge in [0, 0.05) is 12.5 Å². The number of aliphatic hydroxyl groups excluding tert-OH is 1. The van der Waals surface area contributed by atoms with Gasteiger partial charge < -0.3 is 5.11 Å². The first-order valence-corrected chi connectivity index (χ1v) is 6.25. The molecule has 0 saturated carbocycles. The van der Waals surface area contributed by atoms with Crippen LogP contribution in [0.2, 0.25) is 0 Å². The molecule has 0 aliphatic carbocycles. The van der Waals surface area contributed by atoms with Crippen molar-refractivity contribution < 1.29 is 18.1 Å². The van der Waals surface area contributed by atoms with E-state index < -0.39 is 10.1 Å². The Morgan fingerprint density at radius 1 is 1.19 bits per heavy atom. The van der Waals surface area contributed by atoms with Gasteiger partial charge in [-0.25, -0.2) is 0 Å². The molecule has 0 saturated heterocycles. The molecule has 1 unspecified atom stereocenters. The van der Waals surface area contributed by atoms with Crippen LogP contribution in [0.5, 0.6) is 0 Å². The summed E-state index contributed by atoms with van der Waals surface area (Å²) in [7, 11) is -3.95. The summed E-state index contributed by atoms with van der Waals surface area (Å²) in [5.41, 5.74) is 0.878. The fourth-order valence-electron chi connectivity index (χ4n) is 1.38. The third kappa shape index (κ3) is 5.98. The minimum atomic E-state index is -3.95. The molecule has 0 bridgehead atoms. The van der Waals surface area contributed by atoms with Crippen LogP contribution in [0.3, 0.4) is 0 Å². The summed E-state index contributed by atoms with van der Waals surface area (Å²) < 4.78 is 29.7. The second-order valence-electron chi connectivity index (χ2n) is 3.36. The van der Waals surface area contributed by atoms with Crippen molar-refractivity contribution in [2.75, 3.05) is 12.4 Å². The van der Waals surface area contributed by atoms with Crippen molar-refractivity contribution in [3.8, 4) is 0 Å². The quantitative estimate of drug-likeness (QED) is 0.589. The van der Waals surface area contributed by atoms with Crippen LogP contribution in [-0.4, -0.2) is 60.0 Å². The molecule has 6 heteroatoms. The molecule has 1 rings (SSSR count). The zero-order chi connectivity index (χ0) is 11.3. The van der Waals surface area contributed by atoms with E-state index >= 15 is 0 Å². The molecule has 0 spiro atoms. The number of hydrogen-bond donors (Lipinski definition) is 2. The van der Waals surface area contributed by atoms with Gasteiger partial charge in [-0.15, -0.1) is 0 Å². The maximum atomic E-state index is 10.6. The number of hydrogen-bond acceptors (Lipinski definition) is 3. The SMILES string of the molecule is O=S(=O)(O)CCC(CO)c1ccccc1.[NaH]. The Labute approximate surface area is 118 Å². The Kier molecular flexibility index (Phi) is 7.46. The molecular weight excluding hydrogens is 239 g/mol. The predicted molar refractivity (Wildman–Crippen MR) is 64.5 cm³/mol. The number of rotatable bonds is 5. The van der Waals surface area contributed by atoms with Crippen LogP contribution >= 0.6 is 0 Å². The molecule has 2 N–H and O–H groups in total. The fourth-order valence-corrected chi connectivity index (χ4v) is 1.96. The van der Waals surface area contributed by atoms with E-state index in [0.717, 1.165) is 5.56 Å². The molecule has 0 aromatic heterocycles. The molecule has 0 aliphatic rings. The van der Waals surface area contributed by atoms with Crippen molar-refractivity contribution in [1.29, 1.82) is 0 Å². The molecule has 4 nitrogen and oxygen atoms in total. The zero-order valence-corrected chi connectivity index (χ0v) is 9.02. The summed E-state index contributed by atoms with van der Waals surface area (Å²) in [6.07, 6.45) is 0.222. The predicted octanol–water partition coefficient (Wildman–Crippen LogP) is 0.392. The van der Waals surface area contributed by atoms with E-state index in [1.807, 2.05) is 30.3 Å². The van der Waals surface area contributed by atoms with E-state index in [0.29, 0.717) is 0 Å². The van der Waals surface area contributed by atoms with Crippen LogP contribution in [-0.2, 0) is 10.1 Å². The number of aliphatic hydroxyl groups is 1. The molecule has 0 amide bonds. The third-order valence-corrected chi connectivity index (χ3v) is 2.97. The van der Waals surface area contributed by atoms with E-state index in [9.17, 15) is 8.42 Å². The molecule has 0 fully saturated rings. The first kappa shape index (κ1) is 16.1. The van der Waals surface area contributed by atoms with Crippen molar-refractivity contribution in [3.63, 3.8) is 0 Å². The van der Waals surface area contributed by atoms with Gasteiger partial charge in [-0.2, -0.15) is 8.42 Å². The summed E-state index contributed by atoms with van der Waals surface area (Å²) in [6, 6.07) is 9.15. The van der Waals surface area contributed by atoms with Gasteiger partial charge in [0.15, 0.2) is 0 Å². The van der Waals surface area contributed by atoms with Crippen LogP contribution in [0.1, 0.15) is 17.9 Å². The third-order valence-electron chi connectivity index (χ3n) is 2.22. The Bertz CT molecular complexity index is 391. The van der Waals surface area contributed by atoms with E-state index in [2.05, 4.69) is 0 Å². The van der Waals surface area contributed by atoms with Crippen molar-refractivity contribution >= 4 is 39.7 Å². The molecule has 1 aromatic carbocycles. The van der Waals surface area contributed by atoms with E-state index in [1.165, 1.54) is 0 Å². The van der Waals surface area contributed by atoms with E-state index in [1.54, 1.807) is 0 Å². The van der Waals surface area contributed by atoms with Crippen LogP contribution in [0, 0.1) is 0 Å². The topological polar surface area (TPSA) is 74.6 Å². The summed E-state index contributed by atoms with van der Waals surface area (Å²) in [4.78, 5) is 0. The van der Waals surface area contributed by atoms with Gasteiger partial charge in [-0.3, -0.25) is 4.55 Å². The molecule has 1 aromatic rings. The van der Waals surface area contributed by atoms with Gasteiger partial charge in [-0.1, -0.05) is 30.3 Å². The average Bonchev–Trinajstić information content (AvgIpc) is 2.19. The molecule has 86 valence electrons. The molecule has 16 heavy (non-hydrogen) atoms. The maximum absolute atomic E-state index is 10.6. The van der Waals surface area contributed by atoms with E-state index in [-0.39, 0.29) is 54.3 Å². The van der Waals surface area contributed by atoms with Gasteiger partial charge in [-0.05, 0) is 12.0 Å². The second-order valence-corrected chi connectivity index (χ2v) is 4.94. The molecule has 0 heterocycles. The first-order chi connectivity index (χ1) is 7.03. The molecular formula is C10H15NaO4S. The summed E-state index contributed by atoms with van der Waals surface area (Å²) in [5, 5.41) is 9.10. The van der Waals surface area contributed by atoms with Gasteiger partial charge >= 0.3 is 29.6 Å². The van der Waals surface area contributed by atoms with Crippen LogP contribution < -0.4 is 0 Å². The zero-order valence-electron chi connectivity index (χ0n) is 8.20. The normalized spacial score (nSPS) is 12.9. The van der Waals surface area contributed by atoms with Crippen molar-refractivity contribution in [2.24, 2.45) is 0 Å². The average molecular weight is 254 g/mol. The summed E-state index contributed by atoms with van der Waals surface area (Å²) >= 11 is 0. The van der Waals surface area contributed by atoms with Gasteiger partial charge in [0.05, 0.1) is 5.75 Å². The second kappa shape index (κ2) is 7.42. The molecule has 0 aliphatic heterocycles. The molecule has 1 atom stereocenters. The van der Waals surface area contributed by atoms with Crippen molar-refractivity contribution in [1.82, 2.24) is 0 Å². The van der Waals surface area contributed by atoms with E-state index in [4.69, 9.17) is 9.66 Å². The monoisotopic (exact) mass is 254 g/mol. The Morgan fingerprint density at radius 2 is 1.75 bits per heavy atom. The Hall–Kier alpha value is 0.0900. The van der Waals surface area contributed by atoms with Crippen LogP contribution in [0.25, 0.3) is 0 Å². The summed E-state index contributed by atoms with van der Waals surface area (Å²) in [5.74, 6) is -0.569. The Morgan fingerprint density at radius 3 is 2.19 bits per heavy atom. The van der Waals surface area contributed by atoms with Crippen LogP contribution in [0.15, 0.2) is 30.3 Å².